The van der Waals surface area contributed by atoms with Gasteiger partial charge in [-0.2, -0.15) is 11.8 Å². The van der Waals surface area contributed by atoms with Gasteiger partial charge in [0.25, 0.3) is 0 Å². The second-order valence-corrected chi connectivity index (χ2v) is 5.67. The molecule has 0 amide bonds. The van der Waals surface area contributed by atoms with Crippen molar-refractivity contribution < 1.29 is 9.84 Å². The SMILES string of the molecule is CCNC(C)(CO)CC(C)SCCOC. The van der Waals surface area contributed by atoms with Gasteiger partial charge < -0.3 is 15.2 Å². The van der Waals surface area contributed by atoms with Crippen molar-refractivity contribution in [2.24, 2.45) is 0 Å². The van der Waals surface area contributed by atoms with Gasteiger partial charge in [0.05, 0.1) is 13.2 Å². The summed E-state index contributed by atoms with van der Waals surface area (Å²) in [4.78, 5) is 0. The quantitative estimate of drug-likeness (QED) is 0.594. The Kier molecular flexibility index (Phi) is 8.52. The molecule has 3 nitrogen and oxygen atoms in total. The molecule has 4 heteroatoms. The van der Waals surface area contributed by atoms with Gasteiger partial charge in [-0.05, 0) is 19.9 Å². The minimum atomic E-state index is -0.145. The summed E-state index contributed by atoms with van der Waals surface area (Å²) in [5, 5.41) is 13.2. The van der Waals surface area contributed by atoms with Gasteiger partial charge in [-0.15, -0.1) is 0 Å². The molecule has 0 heterocycles. The van der Waals surface area contributed by atoms with Crippen molar-refractivity contribution in [2.75, 3.05) is 32.6 Å². The average molecular weight is 235 g/mol. The molecule has 0 saturated heterocycles. The average Bonchev–Trinajstić information content (AvgIpc) is 2.18. The Labute approximate surface area is 98.0 Å². The van der Waals surface area contributed by atoms with Crippen molar-refractivity contribution in [3.8, 4) is 0 Å². The van der Waals surface area contributed by atoms with E-state index < -0.39 is 0 Å². The van der Waals surface area contributed by atoms with E-state index in [0.717, 1.165) is 25.3 Å². The molecule has 2 N–H and O–H groups in total. The number of likely N-dealkylation sites (N-methyl/N-ethyl adjacent to an activating group) is 1. The molecule has 0 aliphatic carbocycles. The number of aliphatic hydroxyl groups is 1. The molecule has 0 aliphatic heterocycles. The van der Waals surface area contributed by atoms with E-state index in [1.54, 1.807) is 7.11 Å². The second-order valence-electron chi connectivity index (χ2n) is 4.13. The van der Waals surface area contributed by atoms with E-state index in [1.807, 2.05) is 11.8 Å². The summed E-state index contributed by atoms with van der Waals surface area (Å²) in [6.45, 7) is 8.22. The van der Waals surface area contributed by atoms with Gasteiger partial charge in [0, 0.05) is 23.7 Å². The Bertz CT molecular complexity index is 158. The van der Waals surface area contributed by atoms with Gasteiger partial charge in [0.1, 0.15) is 0 Å². The van der Waals surface area contributed by atoms with Crippen LogP contribution >= 0.6 is 11.8 Å². The van der Waals surface area contributed by atoms with Crippen LogP contribution in [0.15, 0.2) is 0 Å². The topological polar surface area (TPSA) is 41.5 Å². The van der Waals surface area contributed by atoms with Crippen LogP contribution in [0, 0.1) is 0 Å². The van der Waals surface area contributed by atoms with Gasteiger partial charge in [-0.3, -0.25) is 0 Å². The normalized spacial score (nSPS) is 17.4. The summed E-state index contributed by atoms with van der Waals surface area (Å²) in [7, 11) is 1.72. The second kappa shape index (κ2) is 8.39. The van der Waals surface area contributed by atoms with Gasteiger partial charge in [-0.25, -0.2) is 0 Å². The van der Waals surface area contributed by atoms with Crippen LogP contribution in [-0.2, 0) is 4.74 Å². The Morgan fingerprint density at radius 2 is 2.20 bits per heavy atom. The van der Waals surface area contributed by atoms with Crippen molar-refractivity contribution in [3.05, 3.63) is 0 Å². The van der Waals surface area contributed by atoms with E-state index in [9.17, 15) is 5.11 Å². The van der Waals surface area contributed by atoms with Crippen molar-refractivity contribution in [1.29, 1.82) is 0 Å². The summed E-state index contributed by atoms with van der Waals surface area (Å²) in [5.41, 5.74) is -0.145. The highest BCUT2D eigenvalue weighted by Crippen LogP contribution is 2.21. The number of aliphatic hydroxyl groups excluding tert-OH is 1. The standard InChI is InChI=1S/C11H25NO2S/c1-5-12-11(3,9-13)8-10(2)15-7-6-14-4/h10,12-13H,5-9H2,1-4H3. The van der Waals surface area contributed by atoms with Crippen molar-refractivity contribution in [1.82, 2.24) is 5.32 Å². The first-order valence-corrected chi connectivity index (χ1v) is 6.59. The lowest BCUT2D eigenvalue weighted by Crippen LogP contribution is -2.47. The number of methoxy groups -OCH3 is 1. The smallest absolute Gasteiger partial charge is 0.0611 e. The Balaban J connectivity index is 3.84. The summed E-state index contributed by atoms with van der Waals surface area (Å²) in [6.07, 6.45) is 0.978. The summed E-state index contributed by atoms with van der Waals surface area (Å²) >= 11 is 1.89. The maximum absolute atomic E-state index is 9.34. The number of ether oxygens (including phenoxy) is 1. The number of rotatable bonds is 9. The molecular formula is C11H25NO2S. The lowest BCUT2D eigenvalue weighted by molar-refractivity contribution is 0.168. The van der Waals surface area contributed by atoms with Crippen molar-refractivity contribution in [2.45, 2.75) is 38.0 Å². The molecule has 15 heavy (non-hydrogen) atoms. The number of hydrogen-bond donors (Lipinski definition) is 2. The predicted molar refractivity (Wildman–Crippen MR) is 67.6 cm³/mol. The van der Waals surface area contributed by atoms with Crippen LogP contribution in [0.5, 0.6) is 0 Å². The van der Waals surface area contributed by atoms with E-state index >= 15 is 0 Å². The van der Waals surface area contributed by atoms with Gasteiger partial charge in [0.15, 0.2) is 0 Å². The van der Waals surface area contributed by atoms with Gasteiger partial charge in [-0.1, -0.05) is 13.8 Å². The largest absolute Gasteiger partial charge is 0.394 e. The minimum Gasteiger partial charge on any atom is -0.394 e. The zero-order valence-electron chi connectivity index (χ0n) is 10.4. The monoisotopic (exact) mass is 235 g/mol. The number of nitrogens with one attached hydrogen (secondary N) is 1. The van der Waals surface area contributed by atoms with Crippen LogP contribution in [0.1, 0.15) is 27.2 Å². The highest BCUT2D eigenvalue weighted by molar-refractivity contribution is 7.99. The van der Waals surface area contributed by atoms with Crippen LogP contribution in [0.25, 0.3) is 0 Å². The van der Waals surface area contributed by atoms with E-state index in [4.69, 9.17) is 4.74 Å². The van der Waals surface area contributed by atoms with Crippen molar-refractivity contribution in [3.63, 3.8) is 0 Å². The Morgan fingerprint density at radius 3 is 2.67 bits per heavy atom. The molecule has 92 valence electrons. The van der Waals surface area contributed by atoms with Crippen LogP contribution < -0.4 is 5.32 Å². The first-order valence-electron chi connectivity index (χ1n) is 5.54. The van der Waals surface area contributed by atoms with Crippen LogP contribution in [0.3, 0.4) is 0 Å². The van der Waals surface area contributed by atoms with Crippen LogP contribution in [0.4, 0.5) is 0 Å². The van der Waals surface area contributed by atoms with Gasteiger partial charge in [0.2, 0.25) is 0 Å². The predicted octanol–water partition coefficient (Wildman–Crippen LogP) is 1.51. The highest BCUT2D eigenvalue weighted by Gasteiger charge is 2.24. The molecule has 0 rings (SSSR count). The zero-order valence-corrected chi connectivity index (χ0v) is 11.2. The Hall–Kier alpha value is 0.230. The lowest BCUT2D eigenvalue weighted by atomic mass is 9.97. The number of thioether (sulfide) groups is 1. The molecule has 0 aromatic rings. The minimum absolute atomic E-state index is 0.145. The Morgan fingerprint density at radius 1 is 1.53 bits per heavy atom. The first kappa shape index (κ1) is 15.2. The molecule has 0 spiro atoms. The summed E-state index contributed by atoms with van der Waals surface area (Å²) < 4.78 is 5.01. The highest BCUT2D eigenvalue weighted by atomic mass is 32.2. The molecule has 2 atom stereocenters. The molecular weight excluding hydrogens is 210 g/mol. The molecule has 0 aromatic carbocycles. The lowest BCUT2D eigenvalue weighted by Gasteiger charge is -2.31. The van der Waals surface area contributed by atoms with Crippen molar-refractivity contribution >= 4 is 11.8 Å². The molecule has 0 aliphatic rings. The number of hydrogen-bond acceptors (Lipinski definition) is 4. The fourth-order valence-corrected chi connectivity index (χ4v) is 2.80. The van der Waals surface area contributed by atoms with E-state index in [1.165, 1.54) is 0 Å². The molecule has 0 fully saturated rings. The summed E-state index contributed by atoms with van der Waals surface area (Å²) in [5.74, 6) is 1.02. The molecule has 0 saturated carbocycles. The van der Waals surface area contributed by atoms with Gasteiger partial charge >= 0.3 is 0 Å². The third-order valence-corrected chi connectivity index (χ3v) is 3.52. The molecule has 0 aromatic heterocycles. The maximum atomic E-state index is 9.34. The first-order chi connectivity index (χ1) is 7.08. The maximum Gasteiger partial charge on any atom is 0.0611 e. The zero-order chi connectivity index (χ0) is 11.7. The van der Waals surface area contributed by atoms with E-state index in [-0.39, 0.29) is 12.1 Å². The summed E-state index contributed by atoms with van der Waals surface area (Å²) in [6, 6.07) is 0. The molecule has 2 unspecified atom stereocenters. The molecule has 0 bridgehead atoms. The van der Waals surface area contributed by atoms with E-state index in [0.29, 0.717) is 5.25 Å². The van der Waals surface area contributed by atoms with Crippen LogP contribution in [0.2, 0.25) is 0 Å². The third kappa shape index (κ3) is 7.17. The fraction of sp³-hybridized carbons (Fsp3) is 1.00. The third-order valence-electron chi connectivity index (χ3n) is 2.38. The van der Waals surface area contributed by atoms with Crippen LogP contribution in [-0.4, -0.2) is 48.5 Å². The van der Waals surface area contributed by atoms with E-state index in [2.05, 4.69) is 26.1 Å². The fourth-order valence-electron chi connectivity index (χ4n) is 1.65. The molecule has 0 radical (unpaired) electrons.